The number of benzene rings is 2. The van der Waals surface area contributed by atoms with Gasteiger partial charge in [-0.15, -0.1) is 11.3 Å². The van der Waals surface area contributed by atoms with Crippen molar-refractivity contribution in [3.05, 3.63) is 76.3 Å². The number of hydrogen-bond donors (Lipinski definition) is 0. The molecule has 0 N–H and O–H groups in total. The van der Waals surface area contributed by atoms with Crippen LogP contribution >= 0.6 is 11.3 Å². The van der Waals surface area contributed by atoms with Crippen LogP contribution in [0.2, 0.25) is 0 Å². The van der Waals surface area contributed by atoms with Gasteiger partial charge in [0.1, 0.15) is 11.6 Å². The molecular formula is C24H27F2N3O2S2. The summed E-state index contributed by atoms with van der Waals surface area (Å²) < 4.78 is 54.6. The minimum absolute atomic E-state index is 0.0384. The van der Waals surface area contributed by atoms with Crippen molar-refractivity contribution < 1.29 is 17.2 Å². The molecule has 0 bridgehead atoms. The molecule has 33 heavy (non-hydrogen) atoms. The van der Waals surface area contributed by atoms with Gasteiger partial charge < -0.3 is 4.90 Å². The Balaban J connectivity index is 1.39. The average molecular weight is 492 g/mol. The molecule has 0 aliphatic carbocycles. The maximum absolute atomic E-state index is 13.4. The molecule has 4 rings (SSSR count). The Bertz CT molecular complexity index is 1210. The maximum Gasteiger partial charge on any atom is 0.243 e. The van der Waals surface area contributed by atoms with E-state index in [0.29, 0.717) is 43.1 Å². The molecule has 0 unspecified atom stereocenters. The Morgan fingerprint density at radius 1 is 0.970 bits per heavy atom. The molecule has 0 saturated carbocycles. The minimum Gasteiger partial charge on any atom is -0.345 e. The van der Waals surface area contributed by atoms with Crippen molar-refractivity contribution in [2.24, 2.45) is 0 Å². The van der Waals surface area contributed by atoms with Gasteiger partial charge in [-0.05, 0) is 40.8 Å². The van der Waals surface area contributed by atoms with Gasteiger partial charge in [-0.25, -0.2) is 22.2 Å². The summed E-state index contributed by atoms with van der Waals surface area (Å²) in [5.74, 6) is -1.21. The fourth-order valence-corrected chi connectivity index (χ4v) is 6.14. The van der Waals surface area contributed by atoms with Crippen LogP contribution in [0, 0.1) is 11.6 Å². The van der Waals surface area contributed by atoms with Crippen LogP contribution in [-0.2, 0) is 21.9 Å². The predicted molar refractivity (Wildman–Crippen MR) is 127 cm³/mol. The van der Waals surface area contributed by atoms with E-state index in [-0.39, 0.29) is 5.41 Å². The summed E-state index contributed by atoms with van der Waals surface area (Å²) in [4.78, 5) is 6.96. The number of nitrogens with zero attached hydrogens (tertiary/aromatic N) is 3. The van der Waals surface area contributed by atoms with E-state index in [0.717, 1.165) is 22.5 Å². The molecule has 1 aliphatic rings. The van der Waals surface area contributed by atoms with Crippen molar-refractivity contribution in [2.45, 2.75) is 37.5 Å². The SMILES string of the molecule is CC(C)(C)c1ccc(S(=O)(=O)N2CCN(c3nc(Cc4cc(F)cc(F)c4)cs3)CC2)cc1. The Morgan fingerprint density at radius 2 is 1.58 bits per heavy atom. The maximum atomic E-state index is 13.4. The summed E-state index contributed by atoms with van der Waals surface area (Å²) in [7, 11) is -3.55. The molecule has 3 aromatic rings. The van der Waals surface area contributed by atoms with Crippen LogP contribution in [0.25, 0.3) is 0 Å². The molecule has 0 spiro atoms. The highest BCUT2D eigenvalue weighted by molar-refractivity contribution is 7.89. The number of piperazine rings is 1. The van der Waals surface area contributed by atoms with Crippen LogP contribution in [-0.4, -0.2) is 43.9 Å². The lowest BCUT2D eigenvalue weighted by Gasteiger charge is -2.33. The number of thiazole rings is 1. The molecule has 1 fully saturated rings. The minimum atomic E-state index is -3.55. The summed E-state index contributed by atoms with van der Waals surface area (Å²) in [6, 6.07) is 10.6. The highest BCUT2D eigenvalue weighted by atomic mass is 32.2. The Labute approximate surface area is 197 Å². The van der Waals surface area contributed by atoms with Crippen LogP contribution in [0.3, 0.4) is 0 Å². The topological polar surface area (TPSA) is 53.5 Å². The van der Waals surface area contributed by atoms with E-state index in [4.69, 9.17) is 0 Å². The first-order chi connectivity index (χ1) is 15.5. The van der Waals surface area contributed by atoms with Gasteiger partial charge in [-0.2, -0.15) is 4.31 Å². The number of halogens is 2. The molecular weight excluding hydrogens is 464 g/mol. The summed E-state index contributed by atoms with van der Waals surface area (Å²) >= 11 is 1.45. The molecule has 9 heteroatoms. The van der Waals surface area contributed by atoms with Crippen LogP contribution in [0.15, 0.2) is 52.7 Å². The van der Waals surface area contributed by atoms with Gasteiger partial charge in [0.25, 0.3) is 0 Å². The van der Waals surface area contributed by atoms with Crippen molar-refractivity contribution in [3.8, 4) is 0 Å². The zero-order chi connectivity index (χ0) is 23.8. The van der Waals surface area contributed by atoms with Gasteiger partial charge in [0.15, 0.2) is 5.13 Å². The Kier molecular flexibility index (Phi) is 6.57. The molecule has 2 heterocycles. The number of hydrogen-bond acceptors (Lipinski definition) is 5. The fraction of sp³-hybridized carbons (Fsp3) is 0.375. The van der Waals surface area contributed by atoms with Gasteiger partial charge in [0.2, 0.25) is 10.0 Å². The molecule has 1 aromatic heterocycles. The van der Waals surface area contributed by atoms with E-state index < -0.39 is 21.7 Å². The summed E-state index contributed by atoms with van der Waals surface area (Å²) in [5, 5.41) is 2.66. The third-order valence-corrected chi connectivity index (χ3v) is 8.58. The van der Waals surface area contributed by atoms with E-state index in [1.807, 2.05) is 17.5 Å². The lowest BCUT2D eigenvalue weighted by molar-refractivity contribution is 0.384. The summed E-state index contributed by atoms with van der Waals surface area (Å²) in [6.45, 7) is 8.07. The Morgan fingerprint density at radius 3 is 2.15 bits per heavy atom. The molecule has 0 atom stereocenters. The van der Waals surface area contributed by atoms with Gasteiger partial charge in [-0.1, -0.05) is 32.9 Å². The number of aromatic nitrogens is 1. The lowest BCUT2D eigenvalue weighted by atomic mass is 9.87. The quantitative estimate of drug-likeness (QED) is 0.514. The Hall–Kier alpha value is -2.36. The van der Waals surface area contributed by atoms with E-state index in [1.165, 1.54) is 27.8 Å². The van der Waals surface area contributed by atoms with Gasteiger partial charge >= 0.3 is 0 Å². The molecule has 176 valence electrons. The third-order valence-electron chi connectivity index (χ3n) is 5.71. The molecule has 5 nitrogen and oxygen atoms in total. The molecule has 1 saturated heterocycles. The largest absolute Gasteiger partial charge is 0.345 e. The third kappa shape index (κ3) is 5.42. The zero-order valence-electron chi connectivity index (χ0n) is 18.9. The number of sulfonamides is 1. The second kappa shape index (κ2) is 9.12. The van der Waals surface area contributed by atoms with Crippen molar-refractivity contribution in [1.82, 2.24) is 9.29 Å². The van der Waals surface area contributed by atoms with E-state index in [1.54, 1.807) is 12.1 Å². The first kappa shape index (κ1) is 23.8. The van der Waals surface area contributed by atoms with Crippen molar-refractivity contribution in [3.63, 3.8) is 0 Å². The highest BCUT2D eigenvalue weighted by Gasteiger charge is 2.29. The van der Waals surface area contributed by atoms with E-state index in [2.05, 4.69) is 30.7 Å². The fourth-order valence-electron chi connectivity index (χ4n) is 3.84. The zero-order valence-corrected chi connectivity index (χ0v) is 20.5. The van der Waals surface area contributed by atoms with Crippen molar-refractivity contribution >= 4 is 26.5 Å². The average Bonchev–Trinajstić information content (AvgIpc) is 3.21. The predicted octanol–water partition coefficient (Wildman–Crippen LogP) is 4.82. The number of rotatable bonds is 5. The van der Waals surface area contributed by atoms with Crippen LogP contribution in [0.1, 0.15) is 37.6 Å². The standard InChI is InChI=1S/C24H27F2N3O2S2/c1-24(2,3)18-4-6-22(7-5-18)33(30,31)29-10-8-28(9-11-29)23-27-21(16-32-23)14-17-12-19(25)15-20(26)13-17/h4-7,12-13,15-16H,8-11,14H2,1-3H3. The molecule has 2 aromatic carbocycles. The van der Waals surface area contributed by atoms with E-state index in [9.17, 15) is 17.2 Å². The summed E-state index contributed by atoms with van der Waals surface area (Å²) in [5.41, 5.74) is 2.31. The molecule has 0 amide bonds. The molecule has 0 radical (unpaired) electrons. The van der Waals surface area contributed by atoms with Gasteiger partial charge in [0.05, 0.1) is 10.6 Å². The summed E-state index contributed by atoms with van der Waals surface area (Å²) in [6.07, 6.45) is 0.337. The second-order valence-electron chi connectivity index (χ2n) is 9.24. The number of anilines is 1. The molecule has 1 aliphatic heterocycles. The second-order valence-corrected chi connectivity index (χ2v) is 12.0. The van der Waals surface area contributed by atoms with Crippen molar-refractivity contribution in [1.29, 1.82) is 0 Å². The van der Waals surface area contributed by atoms with E-state index >= 15 is 0 Å². The smallest absolute Gasteiger partial charge is 0.243 e. The first-order valence-electron chi connectivity index (χ1n) is 10.8. The van der Waals surface area contributed by atoms with Crippen LogP contribution in [0.4, 0.5) is 13.9 Å². The lowest BCUT2D eigenvalue weighted by Crippen LogP contribution is -2.48. The highest BCUT2D eigenvalue weighted by Crippen LogP contribution is 2.27. The van der Waals surface area contributed by atoms with Crippen LogP contribution in [0.5, 0.6) is 0 Å². The van der Waals surface area contributed by atoms with Crippen LogP contribution < -0.4 is 4.90 Å². The van der Waals surface area contributed by atoms with Gasteiger partial charge in [0, 0.05) is 44.0 Å². The van der Waals surface area contributed by atoms with Gasteiger partial charge in [-0.3, -0.25) is 0 Å². The van der Waals surface area contributed by atoms with Crippen molar-refractivity contribution in [2.75, 3.05) is 31.1 Å². The first-order valence-corrected chi connectivity index (χ1v) is 13.1. The monoisotopic (exact) mass is 491 g/mol. The normalized spacial score (nSPS) is 15.7.